The molecular weight excluding hydrogens is 419 g/mol. The highest BCUT2D eigenvalue weighted by Crippen LogP contribution is 2.32. The Morgan fingerprint density at radius 3 is 2.53 bits per heavy atom. The molecule has 4 rings (SSSR count). The van der Waals surface area contributed by atoms with E-state index in [2.05, 4.69) is 20.4 Å². The second-order valence-electron chi connectivity index (χ2n) is 6.49. The minimum absolute atomic E-state index is 0.0466. The highest BCUT2D eigenvalue weighted by atomic mass is 35.5. The van der Waals surface area contributed by atoms with Crippen molar-refractivity contribution < 1.29 is 18.0 Å². The zero-order valence-corrected chi connectivity index (χ0v) is 16.2. The molecule has 6 nitrogen and oxygen atoms in total. The quantitative estimate of drug-likeness (QED) is 0.462. The number of carbonyl (C=O) groups excluding carboxylic acids is 1. The lowest BCUT2D eigenvalue weighted by Crippen LogP contribution is -2.16. The SMILES string of the molecule is Cc1ccc(-c2cc(C(F)(F)F)n3nc(C(=O)Nc4cccnc4Cl)cc3n2)cc1. The molecule has 3 heterocycles. The van der Waals surface area contributed by atoms with Gasteiger partial charge >= 0.3 is 6.18 Å². The number of fused-ring (bicyclic) bond motifs is 1. The van der Waals surface area contributed by atoms with Gasteiger partial charge in [0.15, 0.2) is 22.2 Å². The van der Waals surface area contributed by atoms with Crippen molar-refractivity contribution in [1.29, 1.82) is 0 Å². The standard InChI is InChI=1S/C20H13ClF3N5O/c1-11-4-6-12(7-5-11)14-9-16(20(22,23)24)29-17(26-14)10-15(28-29)19(30)27-13-3-2-8-25-18(13)21/h2-10H,1H3,(H,27,30). The Morgan fingerprint density at radius 1 is 1.13 bits per heavy atom. The number of alkyl halides is 3. The molecular formula is C20H13ClF3N5O. The first-order valence-corrected chi connectivity index (χ1v) is 9.07. The predicted molar refractivity (Wildman–Crippen MR) is 105 cm³/mol. The van der Waals surface area contributed by atoms with Crippen molar-refractivity contribution in [3.63, 3.8) is 0 Å². The molecule has 0 aliphatic heterocycles. The third-order valence-electron chi connectivity index (χ3n) is 4.30. The van der Waals surface area contributed by atoms with Crippen LogP contribution < -0.4 is 5.32 Å². The average molecular weight is 432 g/mol. The maximum Gasteiger partial charge on any atom is 0.433 e. The van der Waals surface area contributed by atoms with Crippen LogP contribution in [0.3, 0.4) is 0 Å². The normalized spacial score (nSPS) is 11.6. The van der Waals surface area contributed by atoms with Crippen molar-refractivity contribution in [2.75, 3.05) is 5.32 Å². The number of halogens is 4. The van der Waals surface area contributed by atoms with E-state index < -0.39 is 17.8 Å². The molecule has 10 heteroatoms. The summed E-state index contributed by atoms with van der Waals surface area (Å²) in [6, 6.07) is 12.1. The Balaban J connectivity index is 1.80. The highest BCUT2D eigenvalue weighted by Gasteiger charge is 2.35. The number of aryl methyl sites for hydroxylation is 1. The van der Waals surface area contributed by atoms with Crippen LogP contribution in [0.5, 0.6) is 0 Å². The minimum atomic E-state index is -4.70. The topological polar surface area (TPSA) is 72.2 Å². The summed E-state index contributed by atoms with van der Waals surface area (Å²) >= 11 is 5.91. The first-order valence-electron chi connectivity index (χ1n) is 8.69. The first-order chi connectivity index (χ1) is 14.2. The molecule has 0 radical (unpaired) electrons. The van der Waals surface area contributed by atoms with E-state index in [4.69, 9.17) is 11.6 Å². The molecule has 0 bridgehead atoms. The lowest BCUT2D eigenvalue weighted by molar-refractivity contribution is -0.142. The molecule has 30 heavy (non-hydrogen) atoms. The summed E-state index contributed by atoms with van der Waals surface area (Å²) in [6.07, 6.45) is -3.26. The van der Waals surface area contributed by atoms with Gasteiger partial charge in [-0.15, -0.1) is 0 Å². The summed E-state index contributed by atoms with van der Waals surface area (Å²) in [5.41, 5.74) is 0.428. The van der Waals surface area contributed by atoms with Crippen LogP contribution in [0.25, 0.3) is 16.9 Å². The smallest absolute Gasteiger partial charge is 0.318 e. The number of benzene rings is 1. The highest BCUT2D eigenvalue weighted by molar-refractivity contribution is 6.32. The van der Waals surface area contributed by atoms with Gasteiger partial charge in [-0.2, -0.15) is 18.3 Å². The molecule has 0 atom stereocenters. The third kappa shape index (κ3) is 3.84. The summed E-state index contributed by atoms with van der Waals surface area (Å²) in [5.74, 6) is -0.736. The number of aromatic nitrogens is 4. The Hall–Kier alpha value is -3.46. The number of carbonyl (C=O) groups is 1. The summed E-state index contributed by atoms with van der Waals surface area (Å²) < 4.78 is 41.6. The Bertz CT molecular complexity index is 1250. The summed E-state index contributed by atoms with van der Waals surface area (Å²) in [6.45, 7) is 1.87. The summed E-state index contributed by atoms with van der Waals surface area (Å²) in [4.78, 5) is 20.6. The van der Waals surface area contributed by atoms with Gasteiger partial charge in [0.25, 0.3) is 5.91 Å². The van der Waals surface area contributed by atoms with E-state index in [9.17, 15) is 18.0 Å². The number of pyridine rings is 1. The van der Waals surface area contributed by atoms with Gasteiger partial charge in [0.2, 0.25) is 0 Å². The number of nitrogens with zero attached hydrogens (tertiary/aromatic N) is 4. The van der Waals surface area contributed by atoms with Crippen molar-refractivity contribution in [1.82, 2.24) is 19.6 Å². The van der Waals surface area contributed by atoms with Crippen LogP contribution in [-0.4, -0.2) is 25.5 Å². The molecule has 4 aromatic rings. The minimum Gasteiger partial charge on any atom is -0.318 e. The van der Waals surface area contributed by atoms with E-state index in [1.165, 1.54) is 18.3 Å². The Labute approximate surface area is 173 Å². The summed E-state index contributed by atoms with van der Waals surface area (Å²) in [7, 11) is 0. The molecule has 1 amide bonds. The van der Waals surface area contributed by atoms with Gasteiger partial charge < -0.3 is 5.32 Å². The molecule has 1 N–H and O–H groups in total. The maximum atomic E-state index is 13.7. The molecule has 0 saturated carbocycles. The molecule has 152 valence electrons. The molecule has 0 aliphatic carbocycles. The van der Waals surface area contributed by atoms with Gasteiger partial charge in [0.1, 0.15) is 0 Å². The van der Waals surface area contributed by atoms with Crippen LogP contribution in [0.15, 0.2) is 54.7 Å². The van der Waals surface area contributed by atoms with Crippen LogP contribution >= 0.6 is 11.6 Å². The fourth-order valence-electron chi connectivity index (χ4n) is 2.83. The van der Waals surface area contributed by atoms with Crippen molar-refractivity contribution in [2.45, 2.75) is 13.1 Å². The van der Waals surface area contributed by atoms with Gasteiger partial charge in [-0.1, -0.05) is 41.4 Å². The van der Waals surface area contributed by atoms with Crippen molar-refractivity contribution in [3.05, 3.63) is 76.8 Å². The van der Waals surface area contributed by atoms with Crippen LogP contribution in [0.2, 0.25) is 5.15 Å². The second kappa shape index (κ2) is 7.42. The average Bonchev–Trinajstić information content (AvgIpc) is 3.13. The van der Waals surface area contributed by atoms with E-state index >= 15 is 0 Å². The largest absolute Gasteiger partial charge is 0.433 e. The maximum absolute atomic E-state index is 13.7. The van der Waals surface area contributed by atoms with Gasteiger partial charge in [-0.05, 0) is 25.1 Å². The van der Waals surface area contributed by atoms with Crippen LogP contribution in [0.1, 0.15) is 21.7 Å². The van der Waals surface area contributed by atoms with Crippen molar-refractivity contribution in [2.24, 2.45) is 0 Å². The number of rotatable bonds is 3. The van der Waals surface area contributed by atoms with Crippen LogP contribution in [0, 0.1) is 6.92 Å². The predicted octanol–water partition coefficient (Wildman–Crippen LogP) is 5.02. The molecule has 0 aliphatic rings. The van der Waals surface area contributed by atoms with Crippen LogP contribution in [-0.2, 0) is 6.18 Å². The number of amides is 1. The van der Waals surface area contributed by atoms with Crippen molar-refractivity contribution >= 4 is 28.8 Å². The molecule has 3 aromatic heterocycles. The third-order valence-corrected chi connectivity index (χ3v) is 4.61. The van der Waals surface area contributed by atoms with Crippen molar-refractivity contribution in [3.8, 4) is 11.3 Å². The van der Waals surface area contributed by atoms with Crippen LogP contribution in [0.4, 0.5) is 18.9 Å². The lowest BCUT2D eigenvalue weighted by Gasteiger charge is -2.11. The van der Waals surface area contributed by atoms with E-state index in [-0.39, 0.29) is 27.9 Å². The number of anilines is 1. The van der Waals surface area contributed by atoms with Gasteiger partial charge in [-0.3, -0.25) is 4.79 Å². The van der Waals surface area contributed by atoms with Gasteiger partial charge in [0, 0.05) is 17.8 Å². The lowest BCUT2D eigenvalue weighted by atomic mass is 10.1. The molecule has 0 fully saturated rings. The first kappa shape index (κ1) is 19.8. The van der Waals surface area contributed by atoms with E-state index in [0.717, 1.165) is 11.6 Å². The summed E-state index contributed by atoms with van der Waals surface area (Å²) in [5, 5.41) is 6.34. The van der Waals surface area contributed by atoms with Gasteiger partial charge in [0.05, 0.1) is 11.4 Å². The molecule has 1 aromatic carbocycles. The van der Waals surface area contributed by atoms with E-state index in [1.807, 2.05) is 6.92 Å². The number of nitrogens with one attached hydrogen (secondary N) is 1. The zero-order chi connectivity index (χ0) is 21.5. The zero-order valence-electron chi connectivity index (χ0n) is 15.4. The number of hydrogen-bond donors (Lipinski definition) is 1. The molecule has 0 spiro atoms. The van der Waals surface area contributed by atoms with E-state index in [0.29, 0.717) is 10.1 Å². The Kier molecular flexibility index (Phi) is 4.90. The fraction of sp³-hybridized carbons (Fsp3) is 0.100. The molecule has 0 saturated heterocycles. The Morgan fingerprint density at radius 2 is 1.87 bits per heavy atom. The number of hydrogen-bond acceptors (Lipinski definition) is 4. The monoisotopic (exact) mass is 431 g/mol. The fourth-order valence-corrected chi connectivity index (χ4v) is 2.99. The molecule has 0 unspecified atom stereocenters. The van der Waals surface area contributed by atoms with Gasteiger partial charge in [-0.25, -0.2) is 14.5 Å². The van der Waals surface area contributed by atoms with E-state index in [1.54, 1.807) is 30.3 Å². The second-order valence-corrected chi connectivity index (χ2v) is 6.84.